The fraction of sp³-hybridized carbons (Fsp3) is 0.167. The number of anilines is 3. The fourth-order valence-electron chi connectivity index (χ4n) is 2.68. The molecular weight excluding hydrogens is 304 g/mol. The molecule has 0 bridgehead atoms. The summed E-state index contributed by atoms with van der Waals surface area (Å²) in [7, 11) is 0. The van der Waals surface area contributed by atoms with Crippen molar-refractivity contribution < 1.29 is 9.53 Å². The molecular formula is C18H16N4O2. The van der Waals surface area contributed by atoms with Gasteiger partial charge >= 0.3 is 0 Å². The van der Waals surface area contributed by atoms with Gasteiger partial charge in [0.25, 0.3) is 5.91 Å². The smallest absolute Gasteiger partial charge is 0.265 e. The van der Waals surface area contributed by atoms with E-state index in [1.165, 1.54) is 0 Å². The third-order valence-corrected chi connectivity index (χ3v) is 3.98. The number of benzene rings is 2. The highest BCUT2D eigenvalue weighted by molar-refractivity contribution is 5.98. The summed E-state index contributed by atoms with van der Waals surface area (Å²) >= 11 is 0. The second-order valence-electron chi connectivity index (χ2n) is 5.79. The number of ether oxygens (including phenoxy) is 1. The minimum atomic E-state index is -0.483. The quantitative estimate of drug-likeness (QED) is 0.757. The molecule has 1 aliphatic heterocycles. The standard InChI is InChI=1S/C18H16N4O2/c1-10-4-3-5-12-9-19-18(22-16(10)12)20-13-6-7-15-14(8-13)21-17(23)11(2)24-15/h3-9,11H,1-2H3,(H,21,23)(H,19,20,22). The van der Waals surface area contributed by atoms with Crippen LogP contribution in [0.4, 0.5) is 17.3 Å². The minimum absolute atomic E-state index is 0.155. The summed E-state index contributed by atoms with van der Waals surface area (Å²) in [4.78, 5) is 20.6. The summed E-state index contributed by atoms with van der Waals surface area (Å²) < 4.78 is 5.55. The predicted molar refractivity (Wildman–Crippen MR) is 92.7 cm³/mol. The van der Waals surface area contributed by atoms with Gasteiger partial charge in [-0.1, -0.05) is 18.2 Å². The molecule has 2 aromatic carbocycles. The lowest BCUT2D eigenvalue weighted by Gasteiger charge is -2.23. The van der Waals surface area contributed by atoms with Gasteiger partial charge in [0.05, 0.1) is 11.2 Å². The van der Waals surface area contributed by atoms with Crippen molar-refractivity contribution in [2.45, 2.75) is 20.0 Å². The van der Waals surface area contributed by atoms with Gasteiger partial charge in [-0.05, 0) is 37.6 Å². The van der Waals surface area contributed by atoms with Crippen molar-refractivity contribution in [1.82, 2.24) is 9.97 Å². The molecule has 0 saturated heterocycles. The third kappa shape index (κ3) is 2.52. The van der Waals surface area contributed by atoms with Crippen LogP contribution in [0, 0.1) is 6.92 Å². The first-order valence-corrected chi connectivity index (χ1v) is 7.71. The van der Waals surface area contributed by atoms with Gasteiger partial charge in [-0.3, -0.25) is 4.79 Å². The van der Waals surface area contributed by atoms with Crippen LogP contribution in [-0.4, -0.2) is 22.0 Å². The van der Waals surface area contributed by atoms with Crippen LogP contribution in [0.3, 0.4) is 0 Å². The molecule has 1 amide bonds. The molecule has 24 heavy (non-hydrogen) atoms. The first kappa shape index (κ1) is 14.4. The van der Waals surface area contributed by atoms with Gasteiger partial charge < -0.3 is 15.4 Å². The summed E-state index contributed by atoms with van der Waals surface area (Å²) in [6, 6.07) is 11.5. The van der Waals surface area contributed by atoms with Crippen LogP contribution in [0.2, 0.25) is 0 Å². The van der Waals surface area contributed by atoms with Gasteiger partial charge in [0.15, 0.2) is 6.10 Å². The molecule has 0 fully saturated rings. The maximum atomic E-state index is 11.7. The zero-order chi connectivity index (χ0) is 16.7. The van der Waals surface area contributed by atoms with E-state index in [1.807, 2.05) is 43.3 Å². The fourth-order valence-corrected chi connectivity index (χ4v) is 2.68. The van der Waals surface area contributed by atoms with Crippen LogP contribution in [0.1, 0.15) is 12.5 Å². The van der Waals surface area contributed by atoms with Gasteiger partial charge in [-0.25, -0.2) is 9.97 Å². The second-order valence-corrected chi connectivity index (χ2v) is 5.79. The number of hydrogen-bond donors (Lipinski definition) is 2. The normalized spacial score (nSPS) is 16.2. The third-order valence-electron chi connectivity index (χ3n) is 3.98. The van der Waals surface area contributed by atoms with Crippen LogP contribution in [0.15, 0.2) is 42.6 Å². The average Bonchev–Trinajstić information content (AvgIpc) is 2.57. The van der Waals surface area contributed by atoms with Crippen LogP contribution in [0.25, 0.3) is 10.9 Å². The van der Waals surface area contributed by atoms with E-state index in [-0.39, 0.29) is 5.91 Å². The van der Waals surface area contributed by atoms with Crippen LogP contribution in [0.5, 0.6) is 5.75 Å². The number of amides is 1. The second kappa shape index (κ2) is 5.49. The van der Waals surface area contributed by atoms with E-state index in [2.05, 4.69) is 20.6 Å². The van der Waals surface area contributed by atoms with Crippen LogP contribution >= 0.6 is 0 Å². The SMILES string of the molecule is Cc1cccc2cnc(Nc3ccc4c(c3)NC(=O)C(C)O4)nc12. The molecule has 4 rings (SSSR count). The van der Waals surface area contributed by atoms with Gasteiger partial charge in [0.1, 0.15) is 5.75 Å². The van der Waals surface area contributed by atoms with E-state index < -0.39 is 6.10 Å². The molecule has 2 N–H and O–H groups in total. The van der Waals surface area contributed by atoms with Crippen LogP contribution < -0.4 is 15.4 Å². The number of nitrogens with zero attached hydrogens (tertiary/aromatic N) is 2. The monoisotopic (exact) mass is 320 g/mol. The summed E-state index contributed by atoms with van der Waals surface area (Å²) in [6.07, 6.45) is 1.31. The Balaban J connectivity index is 1.65. The molecule has 6 nitrogen and oxygen atoms in total. The van der Waals surface area contributed by atoms with Gasteiger partial charge in [0, 0.05) is 17.3 Å². The number of fused-ring (bicyclic) bond motifs is 2. The maximum Gasteiger partial charge on any atom is 0.265 e. The van der Waals surface area contributed by atoms with Gasteiger partial charge in [-0.15, -0.1) is 0 Å². The Hall–Kier alpha value is -3.15. The van der Waals surface area contributed by atoms with Crippen molar-refractivity contribution in [3.63, 3.8) is 0 Å². The highest BCUT2D eigenvalue weighted by Crippen LogP contribution is 2.32. The average molecular weight is 320 g/mol. The molecule has 1 atom stereocenters. The van der Waals surface area contributed by atoms with Crippen molar-refractivity contribution in [3.8, 4) is 5.75 Å². The number of para-hydroxylation sites is 1. The van der Waals surface area contributed by atoms with Crippen LogP contribution in [-0.2, 0) is 4.79 Å². The number of rotatable bonds is 2. The molecule has 1 aliphatic rings. The molecule has 0 saturated carbocycles. The minimum Gasteiger partial charge on any atom is -0.479 e. The molecule has 3 aromatic rings. The molecule has 1 unspecified atom stereocenters. The zero-order valence-corrected chi connectivity index (χ0v) is 13.3. The lowest BCUT2D eigenvalue weighted by atomic mass is 10.1. The largest absolute Gasteiger partial charge is 0.479 e. The number of aromatic nitrogens is 2. The summed E-state index contributed by atoms with van der Waals surface area (Å²) in [5.41, 5.74) is 3.43. The Bertz CT molecular complexity index is 955. The van der Waals surface area contributed by atoms with Crippen molar-refractivity contribution in [1.29, 1.82) is 0 Å². The Morgan fingerprint density at radius 3 is 3.00 bits per heavy atom. The molecule has 6 heteroatoms. The summed E-state index contributed by atoms with van der Waals surface area (Å²) in [5, 5.41) is 7.00. The van der Waals surface area contributed by atoms with Gasteiger partial charge in [0.2, 0.25) is 5.95 Å². The Morgan fingerprint density at radius 1 is 1.25 bits per heavy atom. The predicted octanol–water partition coefficient (Wildman–Crippen LogP) is 3.40. The van der Waals surface area contributed by atoms with Crippen molar-refractivity contribution in [2.24, 2.45) is 0 Å². The molecule has 120 valence electrons. The molecule has 0 aliphatic carbocycles. The number of carbonyl (C=O) groups excluding carboxylic acids is 1. The lowest BCUT2D eigenvalue weighted by Crippen LogP contribution is -2.34. The molecule has 1 aromatic heterocycles. The number of carbonyl (C=O) groups is 1. The summed E-state index contributed by atoms with van der Waals surface area (Å²) in [6.45, 7) is 3.74. The molecule has 0 radical (unpaired) electrons. The topological polar surface area (TPSA) is 76.1 Å². The van der Waals surface area contributed by atoms with Gasteiger partial charge in [-0.2, -0.15) is 0 Å². The molecule has 0 spiro atoms. The highest BCUT2D eigenvalue weighted by atomic mass is 16.5. The Morgan fingerprint density at radius 2 is 2.12 bits per heavy atom. The number of nitrogens with one attached hydrogen (secondary N) is 2. The Kier molecular flexibility index (Phi) is 3.30. The maximum absolute atomic E-state index is 11.7. The highest BCUT2D eigenvalue weighted by Gasteiger charge is 2.23. The van der Waals surface area contributed by atoms with E-state index in [9.17, 15) is 4.79 Å². The van der Waals surface area contributed by atoms with E-state index in [4.69, 9.17) is 4.74 Å². The van der Waals surface area contributed by atoms with Crippen molar-refractivity contribution >= 4 is 34.1 Å². The number of aryl methyl sites for hydroxylation is 1. The molecule has 2 heterocycles. The van der Waals surface area contributed by atoms with Crippen molar-refractivity contribution in [2.75, 3.05) is 10.6 Å². The summed E-state index contributed by atoms with van der Waals surface area (Å²) in [5.74, 6) is 1.01. The van der Waals surface area contributed by atoms with E-state index in [0.717, 1.165) is 22.2 Å². The first-order valence-electron chi connectivity index (χ1n) is 7.71. The van der Waals surface area contributed by atoms with E-state index >= 15 is 0 Å². The van der Waals surface area contributed by atoms with E-state index in [0.29, 0.717) is 17.4 Å². The Labute approximate surface area is 138 Å². The number of hydrogen-bond acceptors (Lipinski definition) is 5. The first-order chi connectivity index (χ1) is 11.6. The zero-order valence-electron chi connectivity index (χ0n) is 13.3. The van der Waals surface area contributed by atoms with E-state index in [1.54, 1.807) is 13.1 Å². The lowest BCUT2D eigenvalue weighted by molar-refractivity contribution is -0.122. The van der Waals surface area contributed by atoms with Crippen molar-refractivity contribution in [3.05, 3.63) is 48.2 Å².